The van der Waals surface area contributed by atoms with Crippen molar-refractivity contribution in [1.29, 1.82) is 0 Å². The predicted molar refractivity (Wildman–Crippen MR) is 93.5 cm³/mol. The van der Waals surface area contributed by atoms with E-state index in [0.717, 1.165) is 18.0 Å². The van der Waals surface area contributed by atoms with Crippen molar-refractivity contribution >= 4 is 0 Å². The van der Waals surface area contributed by atoms with Gasteiger partial charge in [-0.15, -0.1) is 0 Å². The highest BCUT2D eigenvalue weighted by Gasteiger charge is 2.39. The van der Waals surface area contributed by atoms with Gasteiger partial charge in [-0.3, -0.25) is 0 Å². The van der Waals surface area contributed by atoms with Crippen LogP contribution in [0.1, 0.15) is 93.4 Å². The van der Waals surface area contributed by atoms with Gasteiger partial charge in [-0.05, 0) is 67.1 Å². The molecule has 1 N–H and O–H groups in total. The van der Waals surface area contributed by atoms with Crippen LogP contribution in [-0.2, 0) is 0 Å². The van der Waals surface area contributed by atoms with E-state index in [1.807, 2.05) is 0 Å². The van der Waals surface area contributed by atoms with E-state index in [1.54, 1.807) is 0 Å². The standard InChI is InChI=1S/C20H39N/c1-18(2,3)15-8-10-16(11-9-15)21-17-12-19(4,5)14-20(6,7)13-17/h15-17,21H,8-14H2,1-7H3. The third kappa shape index (κ3) is 4.98. The fourth-order valence-corrected chi connectivity index (χ4v) is 5.42. The zero-order valence-corrected chi connectivity index (χ0v) is 15.7. The van der Waals surface area contributed by atoms with E-state index in [1.165, 1.54) is 44.9 Å². The highest BCUT2D eigenvalue weighted by molar-refractivity contribution is 4.94. The summed E-state index contributed by atoms with van der Waals surface area (Å²) < 4.78 is 0. The van der Waals surface area contributed by atoms with Crippen molar-refractivity contribution < 1.29 is 0 Å². The molecular formula is C20H39N. The van der Waals surface area contributed by atoms with Gasteiger partial charge in [-0.1, -0.05) is 48.5 Å². The molecule has 2 saturated carbocycles. The maximum Gasteiger partial charge on any atom is 0.00798 e. The van der Waals surface area contributed by atoms with E-state index in [9.17, 15) is 0 Å². The zero-order valence-electron chi connectivity index (χ0n) is 15.7. The normalized spacial score (nSPS) is 33.9. The van der Waals surface area contributed by atoms with Crippen LogP contribution in [0, 0.1) is 22.2 Å². The molecule has 0 amide bonds. The highest BCUT2D eigenvalue weighted by Crippen LogP contribution is 2.46. The van der Waals surface area contributed by atoms with Crippen LogP contribution in [0.25, 0.3) is 0 Å². The molecule has 0 aromatic rings. The minimum atomic E-state index is 0.500. The predicted octanol–water partition coefficient (Wildman–Crippen LogP) is 5.79. The average Bonchev–Trinajstić information content (AvgIpc) is 2.23. The number of hydrogen-bond donors (Lipinski definition) is 1. The topological polar surface area (TPSA) is 12.0 Å². The summed E-state index contributed by atoms with van der Waals surface area (Å²) in [6.07, 6.45) is 9.69. The molecule has 1 nitrogen and oxygen atoms in total. The average molecular weight is 294 g/mol. The molecule has 0 aliphatic heterocycles. The van der Waals surface area contributed by atoms with E-state index < -0.39 is 0 Å². The zero-order chi connectivity index (χ0) is 15.9. The van der Waals surface area contributed by atoms with Crippen LogP contribution in [0.15, 0.2) is 0 Å². The molecule has 0 spiro atoms. The molecule has 0 unspecified atom stereocenters. The minimum Gasteiger partial charge on any atom is -0.311 e. The smallest absolute Gasteiger partial charge is 0.00798 e. The first-order chi connectivity index (χ1) is 9.47. The summed E-state index contributed by atoms with van der Waals surface area (Å²) in [5, 5.41) is 4.04. The van der Waals surface area contributed by atoms with Gasteiger partial charge in [0.15, 0.2) is 0 Å². The second kappa shape index (κ2) is 5.87. The van der Waals surface area contributed by atoms with Crippen LogP contribution < -0.4 is 5.32 Å². The van der Waals surface area contributed by atoms with Gasteiger partial charge in [0.2, 0.25) is 0 Å². The summed E-state index contributed by atoms with van der Waals surface area (Å²) >= 11 is 0. The molecule has 21 heavy (non-hydrogen) atoms. The monoisotopic (exact) mass is 293 g/mol. The lowest BCUT2D eigenvalue weighted by Gasteiger charge is -2.47. The first-order valence-electron chi connectivity index (χ1n) is 9.23. The van der Waals surface area contributed by atoms with Crippen molar-refractivity contribution in [3.8, 4) is 0 Å². The van der Waals surface area contributed by atoms with Crippen LogP contribution in [0.2, 0.25) is 0 Å². The SMILES string of the molecule is CC1(C)CC(NC2CCC(C(C)(C)C)CC2)CC(C)(C)C1. The summed E-state index contributed by atoms with van der Waals surface area (Å²) in [6.45, 7) is 17.1. The van der Waals surface area contributed by atoms with Crippen LogP contribution in [0.4, 0.5) is 0 Å². The molecule has 0 aromatic carbocycles. The van der Waals surface area contributed by atoms with E-state index in [-0.39, 0.29) is 0 Å². The summed E-state index contributed by atoms with van der Waals surface area (Å²) in [5.41, 5.74) is 1.50. The van der Waals surface area contributed by atoms with Crippen LogP contribution in [0.3, 0.4) is 0 Å². The Hall–Kier alpha value is -0.0400. The van der Waals surface area contributed by atoms with Crippen molar-refractivity contribution in [3.05, 3.63) is 0 Å². The number of hydrogen-bond acceptors (Lipinski definition) is 1. The van der Waals surface area contributed by atoms with Crippen LogP contribution >= 0.6 is 0 Å². The quantitative estimate of drug-likeness (QED) is 0.680. The van der Waals surface area contributed by atoms with Gasteiger partial charge in [-0.25, -0.2) is 0 Å². The lowest BCUT2D eigenvalue weighted by atomic mass is 9.63. The summed E-state index contributed by atoms with van der Waals surface area (Å²) in [6, 6.07) is 1.51. The molecular weight excluding hydrogens is 254 g/mol. The molecule has 0 aromatic heterocycles. The molecule has 2 fully saturated rings. The van der Waals surface area contributed by atoms with Gasteiger partial charge in [0.25, 0.3) is 0 Å². The lowest BCUT2D eigenvalue weighted by molar-refractivity contribution is 0.0722. The largest absolute Gasteiger partial charge is 0.311 e. The first kappa shape index (κ1) is 17.3. The molecule has 0 radical (unpaired) electrons. The maximum absolute atomic E-state index is 4.04. The van der Waals surface area contributed by atoms with Crippen molar-refractivity contribution in [1.82, 2.24) is 5.32 Å². The molecule has 0 atom stereocenters. The van der Waals surface area contributed by atoms with Crippen molar-refractivity contribution in [3.63, 3.8) is 0 Å². The summed E-state index contributed by atoms with van der Waals surface area (Å²) in [7, 11) is 0. The highest BCUT2D eigenvalue weighted by atomic mass is 15.0. The Kier molecular flexibility index (Phi) is 4.84. The Labute approximate surface area is 133 Å². The molecule has 2 rings (SSSR count). The fourth-order valence-electron chi connectivity index (χ4n) is 5.42. The molecule has 0 heterocycles. The van der Waals surface area contributed by atoms with Gasteiger partial charge in [0.1, 0.15) is 0 Å². The van der Waals surface area contributed by atoms with E-state index in [0.29, 0.717) is 16.2 Å². The van der Waals surface area contributed by atoms with Gasteiger partial charge >= 0.3 is 0 Å². The lowest BCUT2D eigenvalue weighted by Crippen LogP contribution is -2.48. The van der Waals surface area contributed by atoms with Crippen molar-refractivity contribution in [2.45, 2.75) is 105 Å². The van der Waals surface area contributed by atoms with E-state index in [2.05, 4.69) is 53.8 Å². The molecule has 2 aliphatic carbocycles. The molecule has 1 heteroatoms. The van der Waals surface area contributed by atoms with Gasteiger partial charge in [-0.2, -0.15) is 0 Å². The molecule has 0 bridgehead atoms. The van der Waals surface area contributed by atoms with Crippen molar-refractivity contribution in [2.75, 3.05) is 0 Å². The molecule has 124 valence electrons. The summed E-state index contributed by atoms with van der Waals surface area (Å²) in [4.78, 5) is 0. The summed E-state index contributed by atoms with van der Waals surface area (Å²) in [5.74, 6) is 0.926. The minimum absolute atomic E-state index is 0.500. The fraction of sp³-hybridized carbons (Fsp3) is 1.00. The van der Waals surface area contributed by atoms with Gasteiger partial charge in [0, 0.05) is 12.1 Å². The Balaban J connectivity index is 1.86. The Morgan fingerprint density at radius 2 is 1.24 bits per heavy atom. The van der Waals surface area contributed by atoms with E-state index in [4.69, 9.17) is 0 Å². The van der Waals surface area contributed by atoms with E-state index >= 15 is 0 Å². The molecule has 0 saturated heterocycles. The Morgan fingerprint density at radius 1 is 0.762 bits per heavy atom. The number of rotatable bonds is 2. The number of nitrogens with one attached hydrogen (secondary N) is 1. The van der Waals surface area contributed by atoms with Gasteiger partial charge in [0.05, 0.1) is 0 Å². The Bertz CT molecular complexity index is 323. The maximum atomic E-state index is 4.04. The first-order valence-corrected chi connectivity index (χ1v) is 9.23. The third-order valence-electron chi connectivity index (χ3n) is 5.98. The van der Waals surface area contributed by atoms with Crippen LogP contribution in [-0.4, -0.2) is 12.1 Å². The second-order valence-corrected chi connectivity index (χ2v) is 10.7. The Morgan fingerprint density at radius 3 is 1.67 bits per heavy atom. The van der Waals surface area contributed by atoms with Crippen molar-refractivity contribution in [2.24, 2.45) is 22.2 Å². The third-order valence-corrected chi connectivity index (χ3v) is 5.98. The van der Waals surface area contributed by atoms with Crippen LogP contribution in [0.5, 0.6) is 0 Å². The second-order valence-electron chi connectivity index (χ2n) is 10.7. The molecule has 2 aliphatic rings. The van der Waals surface area contributed by atoms with Gasteiger partial charge < -0.3 is 5.32 Å².